The van der Waals surface area contributed by atoms with E-state index in [0.29, 0.717) is 23.7 Å². The second-order valence-corrected chi connectivity index (χ2v) is 6.18. The predicted octanol–water partition coefficient (Wildman–Crippen LogP) is 3.82. The Kier molecular flexibility index (Phi) is 4.92. The maximum Gasteiger partial charge on any atom is 0.137 e. The van der Waals surface area contributed by atoms with Gasteiger partial charge in [0.15, 0.2) is 0 Å². The van der Waals surface area contributed by atoms with Crippen LogP contribution in [-0.2, 0) is 4.79 Å². The molecule has 3 atom stereocenters. The van der Waals surface area contributed by atoms with Crippen molar-refractivity contribution in [3.05, 3.63) is 35.6 Å². The molecule has 3 heteroatoms. The summed E-state index contributed by atoms with van der Waals surface area (Å²) < 4.78 is 13.8. The van der Waals surface area contributed by atoms with Crippen LogP contribution in [0, 0.1) is 17.7 Å². The smallest absolute Gasteiger partial charge is 0.137 e. The first-order chi connectivity index (χ1) is 9.49. The molecule has 1 saturated carbocycles. The lowest BCUT2D eigenvalue weighted by Crippen LogP contribution is -2.35. The fraction of sp³-hybridized carbons (Fsp3) is 0.588. The Morgan fingerprint density at radius 1 is 1.40 bits per heavy atom. The molecular weight excluding hydrogens is 253 g/mol. The summed E-state index contributed by atoms with van der Waals surface area (Å²) in [7, 11) is 1.98. The topological polar surface area (TPSA) is 20.3 Å². The van der Waals surface area contributed by atoms with Crippen molar-refractivity contribution in [2.24, 2.45) is 11.8 Å². The maximum atomic E-state index is 13.8. The molecule has 0 radical (unpaired) electrons. The van der Waals surface area contributed by atoms with E-state index in [1.54, 1.807) is 6.07 Å². The van der Waals surface area contributed by atoms with Crippen LogP contribution >= 0.6 is 0 Å². The van der Waals surface area contributed by atoms with E-state index in [1.807, 2.05) is 26.1 Å². The summed E-state index contributed by atoms with van der Waals surface area (Å²) in [5.74, 6) is 0.929. The predicted molar refractivity (Wildman–Crippen MR) is 79.0 cm³/mol. The van der Waals surface area contributed by atoms with Gasteiger partial charge in [0.2, 0.25) is 0 Å². The lowest BCUT2D eigenvalue weighted by Gasteiger charge is -2.32. The van der Waals surface area contributed by atoms with E-state index >= 15 is 0 Å². The zero-order valence-electron chi connectivity index (χ0n) is 12.6. The molecule has 1 aliphatic carbocycles. The van der Waals surface area contributed by atoms with Gasteiger partial charge < -0.3 is 0 Å². The Balaban J connectivity index is 2.02. The van der Waals surface area contributed by atoms with E-state index in [2.05, 4.69) is 11.8 Å². The quantitative estimate of drug-likeness (QED) is 0.833. The Labute approximate surface area is 121 Å². The average molecular weight is 277 g/mol. The number of benzene rings is 1. The number of halogens is 1. The molecule has 1 aromatic carbocycles. The summed E-state index contributed by atoms with van der Waals surface area (Å²) >= 11 is 0. The molecule has 1 aromatic rings. The Bertz CT molecular complexity index is 474. The van der Waals surface area contributed by atoms with Crippen molar-refractivity contribution in [2.45, 2.75) is 39.2 Å². The van der Waals surface area contributed by atoms with Crippen LogP contribution in [0.3, 0.4) is 0 Å². The van der Waals surface area contributed by atoms with Gasteiger partial charge in [0.1, 0.15) is 11.6 Å². The van der Waals surface area contributed by atoms with Crippen LogP contribution in [0.25, 0.3) is 0 Å². The minimum Gasteiger partial charge on any atom is -0.299 e. The lowest BCUT2D eigenvalue weighted by molar-refractivity contribution is -0.126. The van der Waals surface area contributed by atoms with Gasteiger partial charge in [0.25, 0.3) is 0 Å². The third kappa shape index (κ3) is 3.45. The number of nitrogens with zero attached hydrogens (tertiary/aromatic N) is 1. The molecule has 0 amide bonds. The summed E-state index contributed by atoms with van der Waals surface area (Å²) in [5, 5.41) is 0. The molecule has 20 heavy (non-hydrogen) atoms. The Morgan fingerprint density at radius 2 is 2.10 bits per heavy atom. The number of carbonyl (C=O) groups excluding carboxylic acids is 1. The maximum absolute atomic E-state index is 13.8. The molecule has 0 bridgehead atoms. The van der Waals surface area contributed by atoms with E-state index < -0.39 is 0 Å². The first kappa shape index (κ1) is 15.2. The Morgan fingerprint density at radius 3 is 2.80 bits per heavy atom. The average Bonchev–Trinajstić information content (AvgIpc) is 2.42. The zero-order valence-corrected chi connectivity index (χ0v) is 12.6. The summed E-state index contributed by atoms with van der Waals surface area (Å²) in [6.45, 7) is 4.92. The van der Waals surface area contributed by atoms with Crippen LogP contribution in [0.5, 0.6) is 0 Å². The van der Waals surface area contributed by atoms with Crippen molar-refractivity contribution >= 4 is 5.78 Å². The van der Waals surface area contributed by atoms with Crippen LogP contribution in [0.1, 0.15) is 44.7 Å². The fourth-order valence-corrected chi connectivity index (χ4v) is 3.06. The molecular formula is C17H24FNO. The standard InChI is InChI=1S/C17H24FNO/c1-12-8-9-17(20)14(10-12)11-19(3)13(2)15-6-4-5-7-16(15)18/h4-7,12-14H,8-11H2,1-3H3. The highest BCUT2D eigenvalue weighted by Gasteiger charge is 2.28. The number of rotatable bonds is 4. The van der Waals surface area contributed by atoms with Gasteiger partial charge in [-0.2, -0.15) is 0 Å². The molecule has 1 fully saturated rings. The highest BCUT2D eigenvalue weighted by atomic mass is 19.1. The molecule has 0 aliphatic heterocycles. The minimum atomic E-state index is -0.171. The number of Topliss-reactive ketones (excluding diaryl/α,β-unsaturated/α-hetero) is 1. The monoisotopic (exact) mass is 277 g/mol. The van der Waals surface area contributed by atoms with Crippen LogP contribution < -0.4 is 0 Å². The Hall–Kier alpha value is -1.22. The van der Waals surface area contributed by atoms with Crippen molar-refractivity contribution in [3.63, 3.8) is 0 Å². The summed E-state index contributed by atoms with van der Waals surface area (Å²) in [5.41, 5.74) is 0.700. The minimum absolute atomic E-state index is 0.0127. The van der Waals surface area contributed by atoms with E-state index in [4.69, 9.17) is 0 Å². The molecule has 0 spiro atoms. The number of hydrogen-bond acceptors (Lipinski definition) is 2. The number of hydrogen-bond donors (Lipinski definition) is 0. The van der Waals surface area contributed by atoms with Crippen LogP contribution in [-0.4, -0.2) is 24.3 Å². The molecule has 2 nitrogen and oxygen atoms in total. The van der Waals surface area contributed by atoms with Crippen molar-refractivity contribution in [1.29, 1.82) is 0 Å². The van der Waals surface area contributed by atoms with Crippen molar-refractivity contribution in [3.8, 4) is 0 Å². The highest BCUT2D eigenvalue weighted by molar-refractivity contribution is 5.81. The van der Waals surface area contributed by atoms with Gasteiger partial charge in [-0.1, -0.05) is 25.1 Å². The van der Waals surface area contributed by atoms with Gasteiger partial charge in [-0.25, -0.2) is 4.39 Å². The molecule has 3 unspecified atom stereocenters. The van der Waals surface area contributed by atoms with Crippen LogP contribution in [0.2, 0.25) is 0 Å². The largest absolute Gasteiger partial charge is 0.299 e. The summed E-state index contributed by atoms with van der Waals surface area (Å²) in [6, 6.07) is 6.87. The van der Waals surface area contributed by atoms with Crippen LogP contribution in [0.4, 0.5) is 4.39 Å². The van der Waals surface area contributed by atoms with Gasteiger partial charge in [-0.05, 0) is 38.8 Å². The molecule has 1 aliphatic rings. The molecule has 2 rings (SSSR count). The van der Waals surface area contributed by atoms with Crippen LogP contribution in [0.15, 0.2) is 24.3 Å². The number of carbonyl (C=O) groups is 1. The van der Waals surface area contributed by atoms with Gasteiger partial charge >= 0.3 is 0 Å². The van der Waals surface area contributed by atoms with E-state index in [9.17, 15) is 9.18 Å². The molecule has 0 aromatic heterocycles. The number of ketones is 1. The second kappa shape index (κ2) is 6.49. The lowest BCUT2D eigenvalue weighted by atomic mass is 9.81. The normalized spacial score (nSPS) is 24.9. The highest BCUT2D eigenvalue weighted by Crippen LogP contribution is 2.29. The van der Waals surface area contributed by atoms with Gasteiger partial charge in [-0.15, -0.1) is 0 Å². The summed E-state index contributed by atoms with van der Waals surface area (Å²) in [6.07, 6.45) is 2.68. The fourth-order valence-electron chi connectivity index (χ4n) is 3.06. The van der Waals surface area contributed by atoms with Crippen molar-refractivity contribution in [2.75, 3.05) is 13.6 Å². The third-order valence-corrected chi connectivity index (χ3v) is 4.55. The molecule has 0 heterocycles. The van der Waals surface area contributed by atoms with Crippen molar-refractivity contribution in [1.82, 2.24) is 4.90 Å². The molecule has 0 saturated heterocycles. The van der Waals surface area contributed by atoms with Gasteiger partial charge in [0, 0.05) is 30.5 Å². The molecule has 110 valence electrons. The zero-order chi connectivity index (χ0) is 14.7. The first-order valence-electron chi connectivity index (χ1n) is 7.46. The molecule has 0 N–H and O–H groups in total. The second-order valence-electron chi connectivity index (χ2n) is 6.18. The SMILES string of the molecule is CC1CCC(=O)C(CN(C)C(C)c2ccccc2F)C1. The summed E-state index contributed by atoms with van der Waals surface area (Å²) in [4.78, 5) is 14.1. The van der Waals surface area contributed by atoms with Gasteiger partial charge in [0.05, 0.1) is 0 Å². The van der Waals surface area contributed by atoms with E-state index in [0.717, 1.165) is 19.4 Å². The van der Waals surface area contributed by atoms with E-state index in [-0.39, 0.29) is 17.8 Å². The third-order valence-electron chi connectivity index (χ3n) is 4.55. The first-order valence-corrected chi connectivity index (χ1v) is 7.46. The van der Waals surface area contributed by atoms with Gasteiger partial charge in [-0.3, -0.25) is 9.69 Å². The van der Waals surface area contributed by atoms with E-state index in [1.165, 1.54) is 6.07 Å². The van der Waals surface area contributed by atoms with Crippen molar-refractivity contribution < 1.29 is 9.18 Å².